The molecule has 1 aromatic carbocycles. The molecule has 1 aromatic heterocycles. The fourth-order valence-electron chi connectivity index (χ4n) is 5.70. The van der Waals surface area contributed by atoms with Crippen molar-refractivity contribution in [1.29, 1.82) is 0 Å². The Morgan fingerprint density at radius 2 is 2.25 bits per heavy atom. The third-order valence-electron chi connectivity index (χ3n) is 7.30. The van der Waals surface area contributed by atoms with E-state index in [1.807, 2.05) is 30.5 Å². The number of hydrogen-bond donors (Lipinski definition) is 1. The van der Waals surface area contributed by atoms with Crippen LogP contribution in [0.15, 0.2) is 43.1 Å². The van der Waals surface area contributed by atoms with Crippen molar-refractivity contribution in [3.05, 3.63) is 48.7 Å². The highest BCUT2D eigenvalue weighted by molar-refractivity contribution is 5.83. The summed E-state index contributed by atoms with van der Waals surface area (Å²) in [6, 6.07) is 8.17. The van der Waals surface area contributed by atoms with Crippen LogP contribution < -0.4 is 4.74 Å². The van der Waals surface area contributed by atoms with Gasteiger partial charge in [0, 0.05) is 30.3 Å². The molecule has 3 aliphatic heterocycles. The Morgan fingerprint density at radius 1 is 1.39 bits per heavy atom. The van der Waals surface area contributed by atoms with Crippen LogP contribution in [0.3, 0.4) is 0 Å². The normalized spacial score (nSPS) is 30.3. The number of aliphatic hydroxyl groups excluding tert-OH is 1. The summed E-state index contributed by atoms with van der Waals surface area (Å²) in [5.41, 5.74) is 1.91. The molecule has 0 aliphatic carbocycles. The number of benzene rings is 1. The highest BCUT2D eigenvalue weighted by Crippen LogP contribution is 2.47. The zero-order chi connectivity index (χ0) is 19.7. The molecule has 1 N–H and O–H groups in total. The summed E-state index contributed by atoms with van der Waals surface area (Å²) in [5, 5.41) is 12.6. The lowest BCUT2D eigenvalue weighted by Gasteiger charge is -2.58. The van der Waals surface area contributed by atoms with Gasteiger partial charge in [-0.2, -0.15) is 0 Å². The number of aromatic nitrogens is 1. The van der Waals surface area contributed by atoms with Crippen LogP contribution in [0.2, 0.25) is 0 Å². The van der Waals surface area contributed by atoms with Crippen molar-refractivity contribution in [3.63, 3.8) is 0 Å². The van der Waals surface area contributed by atoms with Crippen molar-refractivity contribution in [2.45, 2.75) is 44.8 Å². The van der Waals surface area contributed by atoms with Gasteiger partial charge in [0.25, 0.3) is 0 Å². The van der Waals surface area contributed by atoms with E-state index >= 15 is 0 Å². The second-order valence-corrected chi connectivity index (χ2v) is 8.68. The molecule has 3 aliphatic rings. The first-order valence-corrected chi connectivity index (χ1v) is 10.7. The van der Waals surface area contributed by atoms with Gasteiger partial charge in [-0.15, -0.1) is 6.58 Å². The fraction of sp³-hybridized carbons (Fsp3) is 0.542. The number of unbranched alkanes of at least 4 members (excludes halogenated alkanes) is 1. The van der Waals surface area contributed by atoms with E-state index in [0.717, 1.165) is 46.2 Å². The van der Waals surface area contributed by atoms with Crippen molar-refractivity contribution in [2.75, 3.05) is 26.7 Å². The van der Waals surface area contributed by atoms with E-state index in [1.54, 1.807) is 7.11 Å². The number of rotatable bonds is 7. The lowest BCUT2D eigenvalue weighted by atomic mass is 9.71. The second-order valence-electron chi connectivity index (χ2n) is 8.68. The predicted octanol–water partition coefficient (Wildman–Crippen LogP) is 4.49. The van der Waals surface area contributed by atoms with Gasteiger partial charge in [-0.3, -0.25) is 4.98 Å². The largest absolute Gasteiger partial charge is 0.497 e. The minimum atomic E-state index is -0.483. The molecule has 5 unspecified atom stereocenters. The van der Waals surface area contributed by atoms with Crippen LogP contribution >= 0.6 is 0 Å². The van der Waals surface area contributed by atoms with Crippen LogP contribution in [-0.4, -0.2) is 47.4 Å². The average molecular weight is 382 g/mol. The van der Waals surface area contributed by atoms with Crippen molar-refractivity contribution in [3.8, 4) is 5.75 Å². The van der Waals surface area contributed by atoms with Crippen molar-refractivity contribution >= 4 is 10.9 Å². The molecule has 2 aromatic rings. The zero-order valence-electron chi connectivity index (χ0n) is 17.2. The summed E-state index contributed by atoms with van der Waals surface area (Å²) in [6.45, 7) is 9.83. The van der Waals surface area contributed by atoms with Gasteiger partial charge >= 0.3 is 0 Å². The molecule has 0 saturated carbocycles. The minimum Gasteiger partial charge on any atom is -0.497 e. The molecule has 4 heterocycles. The first kappa shape index (κ1) is 19.4. The summed E-state index contributed by atoms with van der Waals surface area (Å²) >= 11 is 0. The van der Waals surface area contributed by atoms with E-state index in [2.05, 4.69) is 24.6 Å². The van der Waals surface area contributed by atoms with E-state index in [-0.39, 0.29) is 6.04 Å². The summed E-state index contributed by atoms with van der Waals surface area (Å²) in [5.74, 6) is 2.05. The highest BCUT2D eigenvalue weighted by atomic mass is 16.5. The molecule has 28 heavy (non-hydrogen) atoms. The molecule has 2 bridgehead atoms. The monoisotopic (exact) mass is 381 g/mol. The van der Waals surface area contributed by atoms with Crippen molar-refractivity contribution < 1.29 is 14.3 Å². The van der Waals surface area contributed by atoms with Gasteiger partial charge in [-0.1, -0.05) is 19.4 Å². The summed E-state index contributed by atoms with van der Waals surface area (Å²) in [6.07, 6.45) is 8.25. The first-order chi connectivity index (χ1) is 13.6. The average Bonchev–Trinajstić information content (AvgIpc) is 2.76. The molecular weight excluding hydrogens is 348 g/mol. The van der Waals surface area contributed by atoms with Gasteiger partial charge in [0.15, 0.2) is 0 Å². The number of nitrogens with zero attached hydrogens (tertiary/aromatic N) is 2. The minimum absolute atomic E-state index is 0.248. The van der Waals surface area contributed by atoms with E-state index in [9.17, 15) is 5.11 Å². The zero-order valence-corrected chi connectivity index (χ0v) is 17.2. The van der Waals surface area contributed by atoms with Crippen LogP contribution in [0.25, 0.3) is 10.9 Å². The third kappa shape index (κ3) is 3.23. The number of pyridine rings is 1. The molecular formula is C24H33N2O2+. The van der Waals surface area contributed by atoms with Crippen LogP contribution in [0, 0.1) is 11.8 Å². The Morgan fingerprint density at radius 3 is 3.00 bits per heavy atom. The molecule has 3 fully saturated rings. The number of quaternary nitrogens is 1. The topological polar surface area (TPSA) is 42.4 Å². The summed E-state index contributed by atoms with van der Waals surface area (Å²) < 4.78 is 6.47. The maximum absolute atomic E-state index is 11.6. The number of piperidine rings is 3. The second kappa shape index (κ2) is 7.84. The number of hydrogen-bond acceptors (Lipinski definition) is 3. The molecule has 5 atom stereocenters. The Labute approximate surface area is 168 Å². The number of fused-ring (bicyclic) bond motifs is 4. The maximum atomic E-state index is 11.6. The third-order valence-corrected chi connectivity index (χ3v) is 7.30. The molecule has 150 valence electrons. The lowest BCUT2D eigenvalue weighted by Crippen LogP contribution is -2.68. The van der Waals surface area contributed by atoms with Crippen LogP contribution in [0.4, 0.5) is 0 Å². The molecule has 4 heteroatoms. The van der Waals surface area contributed by atoms with Gasteiger partial charge in [0.2, 0.25) is 0 Å². The van der Waals surface area contributed by atoms with Crippen LogP contribution in [0.5, 0.6) is 5.75 Å². The predicted molar refractivity (Wildman–Crippen MR) is 113 cm³/mol. The van der Waals surface area contributed by atoms with E-state index in [4.69, 9.17) is 4.74 Å². The standard InChI is InChI=1S/C24H33N2O2/c1-4-6-12-26-13-10-18(17(5-2)16-26)14-23(26)24(27)20-9-11-25-22-8-7-19(28-3)15-21(20)22/h5,7-9,11,15,17-18,23-24,27H,2,4,6,10,12-14,16H2,1,3H3/q+1. The summed E-state index contributed by atoms with van der Waals surface area (Å²) in [4.78, 5) is 4.50. The number of methoxy groups -OCH3 is 1. The van der Waals surface area contributed by atoms with Gasteiger partial charge < -0.3 is 14.3 Å². The molecule has 4 nitrogen and oxygen atoms in total. The molecule has 0 amide bonds. The molecule has 0 radical (unpaired) electrons. The van der Waals surface area contributed by atoms with Crippen LogP contribution in [0.1, 0.15) is 44.3 Å². The van der Waals surface area contributed by atoms with Crippen molar-refractivity contribution in [1.82, 2.24) is 4.98 Å². The Kier molecular flexibility index (Phi) is 5.44. The Bertz CT molecular complexity index is 852. The maximum Gasteiger partial charge on any atom is 0.131 e. The van der Waals surface area contributed by atoms with Gasteiger partial charge in [0.05, 0.1) is 32.3 Å². The molecule has 3 saturated heterocycles. The van der Waals surface area contributed by atoms with Crippen molar-refractivity contribution in [2.24, 2.45) is 11.8 Å². The summed E-state index contributed by atoms with van der Waals surface area (Å²) in [7, 11) is 1.68. The fourth-order valence-corrected chi connectivity index (χ4v) is 5.70. The van der Waals surface area contributed by atoms with E-state index in [1.165, 1.54) is 25.8 Å². The quantitative estimate of drug-likeness (QED) is 0.568. The molecule has 0 spiro atoms. The van der Waals surface area contributed by atoms with Gasteiger partial charge in [0.1, 0.15) is 17.9 Å². The van der Waals surface area contributed by atoms with E-state index < -0.39 is 6.10 Å². The Hall–Kier alpha value is -1.91. The highest BCUT2D eigenvalue weighted by Gasteiger charge is 2.53. The van der Waals surface area contributed by atoms with Gasteiger partial charge in [-0.25, -0.2) is 0 Å². The smallest absolute Gasteiger partial charge is 0.131 e. The Balaban J connectivity index is 1.73. The van der Waals surface area contributed by atoms with E-state index in [0.29, 0.717) is 11.8 Å². The number of aliphatic hydroxyl groups is 1. The SMILES string of the molecule is C=CC1C[N+]2(CCCC)CCC1CC2C(O)c1ccnc2ccc(OC)cc12. The van der Waals surface area contributed by atoms with Gasteiger partial charge in [-0.05, 0) is 42.2 Å². The number of ether oxygens (including phenoxy) is 1. The first-order valence-electron chi connectivity index (χ1n) is 10.7. The lowest BCUT2D eigenvalue weighted by molar-refractivity contribution is -0.973. The molecule has 5 rings (SSSR count). The van der Waals surface area contributed by atoms with Crippen LogP contribution in [-0.2, 0) is 0 Å².